The van der Waals surface area contributed by atoms with Gasteiger partial charge in [0.1, 0.15) is 0 Å². The molecule has 0 bridgehead atoms. The van der Waals surface area contributed by atoms with E-state index in [0.717, 1.165) is 16.7 Å². The molecule has 0 heterocycles. The van der Waals surface area contributed by atoms with E-state index in [0.29, 0.717) is 0 Å². The smallest absolute Gasteiger partial charge is 0.241 e. The van der Waals surface area contributed by atoms with Crippen molar-refractivity contribution in [2.24, 2.45) is 0 Å². The van der Waals surface area contributed by atoms with Crippen LogP contribution >= 0.6 is 15.9 Å². The van der Waals surface area contributed by atoms with E-state index < -0.39 is 0 Å². The molecule has 110 valence electrons. The fourth-order valence-electron chi connectivity index (χ4n) is 2.02. The Morgan fingerprint density at radius 1 is 1.19 bits per heavy atom. The standard InChI is InChI=1S/C17H19BrN2O/c1-13(20(2)12-14-7-4-3-5-8-14)17(21)19-16-10-6-9-15(18)11-16/h3-11,13H,12H2,1-2H3,(H,19,21)/t13-/m1/s1. The van der Waals surface area contributed by atoms with E-state index in [2.05, 4.69) is 33.4 Å². The molecule has 2 aromatic carbocycles. The van der Waals surface area contributed by atoms with E-state index in [-0.39, 0.29) is 11.9 Å². The summed E-state index contributed by atoms with van der Waals surface area (Å²) in [6, 6.07) is 17.5. The Morgan fingerprint density at radius 2 is 1.90 bits per heavy atom. The van der Waals surface area contributed by atoms with Gasteiger partial charge in [-0.25, -0.2) is 0 Å². The lowest BCUT2D eigenvalue weighted by Gasteiger charge is -2.24. The number of halogens is 1. The molecule has 1 amide bonds. The number of likely N-dealkylation sites (N-methyl/N-ethyl adjacent to an activating group) is 1. The number of amides is 1. The first kappa shape index (κ1) is 15.7. The second-order valence-corrected chi connectivity index (χ2v) is 5.99. The Kier molecular flexibility index (Phi) is 5.53. The van der Waals surface area contributed by atoms with Gasteiger partial charge in [-0.15, -0.1) is 0 Å². The zero-order chi connectivity index (χ0) is 15.2. The minimum atomic E-state index is -0.204. The molecule has 0 saturated carbocycles. The van der Waals surface area contributed by atoms with Gasteiger partial charge in [0.05, 0.1) is 6.04 Å². The fraction of sp³-hybridized carbons (Fsp3) is 0.235. The van der Waals surface area contributed by atoms with E-state index in [1.54, 1.807) is 0 Å². The number of nitrogens with zero attached hydrogens (tertiary/aromatic N) is 1. The van der Waals surface area contributed by atoms with Gasteiger partial charge in [-0.05, 0) is 37.7 Å². The molecular formula is C17H19BrN2O. The third-order valence-corrected chi connectivity index (χ3v) is 3.90. The van der Waals surface area contributed by atoms with Crippen LogP contribution in [0.4, 0.5) is 5.69 Å². The number of carbonyl (C=O) groups is 1. The van der Waals surface area contributed by atoms with Gasteiger partial charge in [0.2, 0.25) is 5.91 Å². The second-order valence-electron chi connectivity index (χ2n) is 5.08. The fourth-order valence-corrected chi connectivity index (χ4v) is 2.42. The maximum Gasteiger partial charge on any atom is 0.241 e. The van der Waals surface area contributed by atoms with Crippen LogP contribution in [0.25, 0.3) is 0 Å². The number of carbonyl (C=O) groups excluding carboxylic acids is 1. The molecule has 4 heteroatoms. The van der Waals surface area contributed by atoms with Crippen molar-refractivity contribution in [1.29, 1.82) is 0 Å². The summed E-state index contributed by atoms with van der Waals surface area (Å²) in [5, 5.41) is 2.94. The van der Waals surface area contributed by atoms with Gasteiger partial charge in [0.15, 0.2) is 0 Å². The first-order valence-electron chi connectivity index (χ1n) is 6.87. The second kappa shape index (κ2) is 7.38. The molecule has 1 atom stereocenters. The van der Waals surface area contributed by atoms with E-state index in [1.165, 1.54) is 5.56 Å². The highest BCUT2D eigenvalue weighted by molar-refractivity contribution is 9.10. The van der Waals surface area contributed by atoms with Crippen LogP contribution < -0.4 is 5.32 Å². The summed E-state index contributed by atoms with van der Waals surface area (Å²) in [6.07, 6.45) is 0. The molecule has 1 N–H and O–H groups in total. The van der Waals surface area contributed by atoms with Crippen LogP contribution in [0.1, 0.15) is 12.5 Å². The van der Waals surface area contributed by atoms with Crippen molar-refractivity contribution in [3.05, 3.63) is 64.6 Å². The summed E-state index contributed by atoms with van der Waals surface area (Å²) in [5.41, 5.74) is 2.00. The molecule has 0 radical (unpaired) electrons. The minimum absolute atomic E-state index is 0.00784. The van der Waals surface area contributed by atoms with Crippen molar-refractivity contribution < 1.29 is 4.79 Å². The maximum absolute atomic E-state index is 12.3. The molecule has 2 rings (SSSR count). The van der Waals surface area contributed by atoms with Crippen molar-refractivity contribution in [3.63, 3.8) is 0 Å². The largest absolute Gasteiger partial charge is 0.325 e. The lowest BCUT2D eigenvalue weighted by atomic mass is 10.2. The van der Waals surface area contributed by atoms with Gasteiger partial charge >= 0.3 is 0 Å². The number of anilines is 1. The predicted molar refractivity (Wildman–Crippen MR) is 90.1 cm³/mol. The van der Waals surface area contributed by atoms with Crippen LogP contribution in [0.15, 0.2) is 59.1 Å². The molecule has 0 aromatic heterocycles. The molecule has 0 saturated heterocycles. The summed E-state index contributed by atoms with van der Waals surface area (Å²) in [7, 11) is 1.96. The van der Waals surface area contributed by atoms with Crippen LogP contribution in [-0.2, 0) is 11.3 Å². The number of hydrogen-bond donors (Lipinski definition) is 1. The lowest BCUT2D eigenvalue weighted by Crippen LogP contribution is -2.39. The SMILES string of the molecule is C[C@H](C(=O)Nc1cccc(Br)c1)N(C)Cc1ccccc1. The Hall–Kier alpha value is -1.65. The zero-order valence-corrected chi connectivity index (χ0v) is 13.8. The lowest BCUT2D eigenvalue weighted by molar-refractivity contribution is -0.120. The number of benzene rings is 2. The van der Waals surface area contributed by atoms with Crippen LogP contribution in [0, 0.1) is 0 Å². The Morgan fingerprint density at radius 3 is 2.57 bits per heavy atom. The molecule has 0 fully saturated rings. The summed E-state index contributed by atoms with van der Waals surface area (Å²) in [6.45, 7) is 2.66. The predicted octanol–water partition coefficient (Wildman–Crippen LogP) is 3.91. The molecule has 3 nitrogen and oxygen atoms in total. The number of hydrogen-bond acceptors (Lipinski definition) is 2. The van der Waals surface area contributed by atoms with E-state index >= 15 is 0 Å². The van der Waals surface area contributed by atoms with Crippen molar-refractivity contribution in [2.45, 2.75) is 19.5 Å². The number of nitrogens with one attached hydrogen (secondary N) is 1. The molecule has 0 aliphatic heterocycles. The van der Waals surface area contributed by atoms with Crippen molar-refractivity contribution in [3.8, 4) is 0 Å². The summed E-state index contributed by atoms with van der Waals surface area (Å²) >= 11 is 3.40. The summed E-state index contributed by atoms with van der Waals surface area (Å²) in [5.74, 6) is -0.00784. The minimum Gasteiger partial charge on any atom is -0.325 e. The Labute approximate surface area is 134 Å². The monoisotopic (exact) mass is 346 g/mol. The van der Waals surface area contributed by atoms with Gasteiger partial charge in [0.25, 0.3) is 0 Å². The van der Waals surface area contributed by atoms with Gasteiger partial charge < -0.3 is 5.32 Å². The summed E-state index contributed by atoms with van der Waals surface area (Å²) < 4.78 is 0.950. The van der Waals surface area contributed by atoms with Crippen molar-refractivity contribution in [1.82, 2.24) is 4.90 Å². The van der Waals surface area contributed by atoms with Crippen molar-refractivity contribution in [2.75, 3.05) is 12.4 Å². The highest BCUT2D eigenvalue weighted by Gasteiger charge is 2.18. The molecule has 0 aliphatic carbocycles. The van der Waals surface area contributed by atoms with E-state index in [4.69, 9.17) is 0 Å². The third-order valence-electron chi connectivity index (χ3n) is 3.41. The highest BCUT2D eigenvalue weighted by Crippen LogP contribution is 2.16. The Balaban J connectivity index is 1.95. The van der Waals surface area contributed by atoms with Crippen LogP contribution in [0.3, 0.4) is 0 Å². The zero-order valence-electron chi connectivity index (χ0n) is 12.2. The van der Waals surface area contributed by atoms with Gasteiger partial charge in [-0.2, -0.15) is 0 Å². The molecular weight excluding hydrogens is 328 g/mol. The topological polar surface area (TPSA) is 32.3 Å². The first-order valence-corrected chi connectivity index (χ1v) is 7.66. The normalized spacial score (nSPS) is 12.2. The van der Waals surface area contributed by atoms with E-state index in [1.807, 2.05) is 61.3 Å². The van der Waals surface area contributed by atoms with Crippen LogP contribution in [-0.4, -0.2) is 23.9 Å². The van der Waals surface area contributed by atoms with Gasteiger partial charge in [0, 0.05) is 16.7 Å². The van der Waals surface area contributed by atoms with Crippen molar-refractivity contribution >= 4 is 27.5 Å². The average Bonchev–Trinajstić information content (AvgIpc) is 2.47. The van der Waals surface area contributed by atoms with Crippen LogP contribution in [0.2, 0.25) is 0 Å². The molecule has 21 heavy (non-hydrogen) atoms. The molecule has 2 aromatic rings. The third kappa shape index (κ3) is 4.69. The maximum atomic E-state index is 12.3. The van der Waals surface area contributed by atoms with Gasteiger partial charge in [-0.1, -0.05) is 52.3 Å². The number of rotatable bonds is 5. The molecule has 0 spiro atoms. The van der Waals surface area contributed by atoms with E-state index in [9.17, 15) is 4.79 Å². The average molecular weight is 347 g/mol. The Bertz CT molecular complexity index is 601. The molecule has 0 unspecified atom stereocenters. The quantitative estimate of drug-likeness (QED) is 0.890. The molecule has 0 aliphatic rings. The van der Waals surface area contributed by atoms with Crippen LogP contribution in [0.5, 0.6) is 0 Å². The first-order chi connectivity index (χ1) is 10.1. The summed E-state index contributed by atoms with van der Waals surface area (Å²) in [4.78, 5) is 14.3. The van der Waals surface area contributed by atoms with Gasteiger partial charge in [-0.3, -0.25) is 9.69 Å². The highest BCUT2D eigenvalue weighted by atomic mass is 79.9.